The minimum absolute atomic E-state index is 0.121. The van der Waals surface area contributed by atoms with Crippen LogP contribution in [0.1, 0.15) is 19.9 Å². The molecule has 0 N–H and O–H groups in total. The van der Waals surface area contributed by atoms with Gasteiger partial charge >= 0.3 is 0 Å². The van der Waals surface area contributed by atoms with E-state index in [-0.39, 0.29) is 18.0 Å². The van der Waals surface area contributed by atoms with Crippen LogP contribution >= 0.6 is 0 Å². The molecule has 1 aromatic heterocycles. The lowest BCUT2D eigenvalue weighted by molar-refractivity contribution is -0.138. The summed E-state index contributed by atoms with van der Waals surface area (Å²) < 4.78 is 1.60. The van der Waals surface area contributed by atoms with Crippen LogP contribution in [-0.2, 0) is 4.79 Å². The third-order valence-corrected chi connectivity index (χ3v) is 3.30. The molecule has 0 spiro atoms. The SMILES string of the molecule is C[C@H](C(=O)N1CCN(C)C[C@@H]1C)n1cncn1. The quantitative estimate of drug-likeness (QED) is 0.726. The summed E-state index contributed by atoms with van der Waals surface area (Å²) in [4.78, 5) is 20.4. The minimum atomic E-state index is -0.275. The zero-order valence-corrected chi connectivity index (χ0v) is 10.6. The van der Waals surface area contributed by atoms with Gasteiger partial charge in [0.05, 0.1) is 0 Å². The molecule has 0 unspecified atom stereocenters. The number of hydrogen-bond acceptors (Lipinski definition) is 4. The first-order valence-corrected chi connectivity index (χ1v) is 5.92. The Bertz CT molecular complexity index is 377. The van der Waals surface area contributed by atoms with E-state index in [2.05, 4.69) is 29.0 Å². The van der Waals surface area contributed by atoms with Gasteiger partial charge in [0.2, 0.25) is 5.91 Å². The van der Waals surface area contributed by atoms with Crippen LogP contribution in [0.4, 0.5) is 0 Å². The second kappa shape index (κ2) is 4.83. The summed E-state index contributed by atoms with van der Waals surface area (Å²) in [6.45, 7) is 6.59. The average molecular weight is 237 g/mol. The van der Waals surface area contributed by atoms with Gasteiger partial charge < -0.3 is 9.80 Å². The maximum atomic E-state index is 12.3. The molecule has 2 rings (SSSR count). The summed E-state index contributed by atoms with van der Waals surface area (Å²) in [6, 6.07) is -0.0180. The Labute approximate surface area is 101 Å². The lowest BCUT2D eigenvalue weighted by Gasteiger charge is -2.39. The predicted molar refractivity (Wildman–Crippen MR) is 63.4 cm³/mol. The molecule has 0 saturated carbocycles. The fourth-order valence-corrected chi connectivity index (χ4v) is 2.24. The second-order valence-corrected chi connectivity index (χ2v) is 4.69. The highest BCUT2D eigenvalue weighted by molar-refractivity contribution is 5.80. The summed E-state index contributed by atoms with van der Waals surface area (Å²) in [5.41, 5.74) is 0. The van der Waals surface area contributed by atoms with Gasteiger partial charge in [-0.1, -0.05) is 0 Å². The monoisotopic (exact) mass is 237 g/mol. The molecule has 1 aliphatic heterocycles. The van der Waals surface area contributed by atoms with Crippen LogP contribution in [0.5, 0.6) is 0 Å². The van der Waals surface area contributed by atoms with Crippen LogP contribution in [0.15, 0.2) is 12.7 Å². The molecule has 94 valence electrons. The Morgan fingerprint density at radius 2 is 2.24 bits per heavy atom. The van der Waals surface area contributed by atoms with Gasteiger partial charge in [-0.25, -0.2) is 9.67 Å². The minimum Gasteiger partial charge on any atom is -0.336 e. The zero-order chi connectivity index (χ0) is 12.4. The molecule has 0 aromatic carbocycles. The summed E-state index contributed by atoms with van der Waals surface area (Å²) in [6.07, 6.45) is 3.04. The van der Waals surface area contributed by atoms with E-state index in [1.807, 2.05) is 11.8 Å². The normalized spacial score (nSPS) is 23.7. The van der Waals surface area contributed by atoms with Gasteiger partial charge in [-0.15, -0.1) is 0 Å². The number of amides is 1. The van der Waals surface area contributed by atoms with Crippen molar-refractivity contribution >= 4 is 5.91 Å². The first-order chi connectivity index (χ1) is 8.09. The standard InChI is InChI=1S/C11H19N5O/c1-9-6-14(3)4-5-15(9)11(17)10(2)16-8-12-7-13-16/h7-10H,4-6H2,1-3H3/t9-,10+/m0/s1. The first kappa shape index (κ1) is 12.0. The van der Waals surface area contributed by atoms with Crippen LogP contribution in [0.25, 0.3) is 0 Å². The first-order valence-electron chi connectivity index (χ1n) is 5.92. The smallest absolute Gasteiger partial charge is 0.247 e. The van der Waals surface area contributed by atoms with Crippen LogP contribution in [0.3, 0.4) is 0 Å². The fraction of sp³-hybridized carbons (Fsp3) is 0.727. The largest absolute Gasteiger partial charge is 0.336 e. The van der Waals surface area contributed by atoms with E-state index >= 15 is 0 Å². The molecule has 6 heteroatoms. The number of aromatic nitrogens is 3. The molecule has 1 aromatic rings. The maximum absolute atomic E-state index is 12.3. The molecule has 1 saturated heterocycles. The van der Waals surface area contributed by atoms with Crippen molar-refractivity contribution in [3.05, 3.63) is 12.7 Å². The van der Waals surface area contributed by atoms with Crippen LogP contribution in [0.2, 0.25) is 0 Å². The lowest BCUT2D eigenvalue weighted by Crippen LogP contribution is -2.54. The summed E-state index contributed by atoms with van der Waals surface area (Å²) in [5, 5.41) is 4.02. The summed E-state index contributed by atoms with van der Waals surface area (Å²) in [5.74, 6) is 0.121. The molecule has 2 atom stereocenters. The zero-order valence-electron chi connectivity index (χ0n) is 10.6. The molecule has 1 fully saturated rings. The van der Waals surface area contributed by atoms with Crippen LogP contribution in [-0.4, -0.2) is 63.2 Å². The van der Waals surface area contributed by atoms with Crippen molar-refractivity contribution in [1.29, 1.82) is 0 Å². The number of carbonyl (C=O) groups excluding carboxylic acids is 1. The van der Waals surface area contributed by atoms with Gasteiger partial charge in [-0.3, -0.25) is 4.79 Å². The topological polar surface area (TPSA) is 54.3 Å². The van der Waals surface area contributed by atoms with E-state index in [9.17, 15) is 4.79 Å². The Morgan fingerprint density at radius 1 is 1.47 bits per heavy atom. The van der Waals surface area contributed by atoms with E-state index < -0.39 is 0 Å². The highest BCUT2D eigenvalue weighted by atomic mass is 16.2. The number of likely N-dealkylation sites (N-methyl/N-ethyl adjacent to an activating group) is 1. The van der Waals surface area contributed by atoms with Crippen molar-refractivity contribution in [1.82, 2.24) is 24.6 Å². The molecule has 17 heavy (non-hydrogen) atoms. The molecule has 2 heterocycles. The Kier molecular flexibility index (Phi) is 3.42. The highest BCUT2D eigenvalue weighted by Gasteiger charge is 2.29. The Hall–Kier alpha value is -1.43. The van der Waals surface area contributed by atoms with Gasteiger partial charge in [-0.05, 0) is 20.9 Å². The van der Waals surface area contributed by atoms with Gasteiger partial charge in [-0.2, -0.15) is 5.10 Å². The van der Waals surface area contributed by atoms with Gasteiger partial charge in [0.25, 0.3) is 0 Å². The molecule has 6 nitrogen and oxygen atoms in total. The van der Waals surface area contributed by atoms with Crippen molar-refractivity contribution < 1.29 is 4.79 Å². The van der Waals surface area contributed by atoms with E-state index in [1.165, 1.54) is 6.33 Å². The van der Waals surface area contributed by atoms with E-state index in [0.717, 1.165) is 19.6 Å². The van der Waals surface area contributed by atoms with Crippen molar-refractivity contribution in [2.45, 2.75) is 25.9 Å². The lowest BCUT2D eigenvalue weighted by atomic mass is 10.1. The van der Waals surface area contributed by atoms with E-state index in [0.29, 0.717) is 0 Å². The molecular weight excluding hydrogens is 218 g/mol. The highest BCUT2D eigenvalue weighted by Crippen LogP contribution is 2.14. The maximum Gasteiger partial charge on any atom is 0.247 e. The molecule has 1 amide bonds. The van der Waals surface area contributed by atoms with E-state index in [1.54, 1.807) is 11.0 Å². The van der Waals surface area contributed by atoms with Gasteiger partial charge in [0.15, 0.2) is 0 Å². The van der Waals surface area contributed by atoms with Crippen LogP contribution < -0.4 is 0 Å². The molecule has 0 aliphatic carbocycles. The molecule has 0 radical (unpaired) electrons. The average Bonchev–Trinajstić information content (AvgIpc) is 2.80. The predicted octanol–water partition coefficient (Wildman–Crippen LogP) is 0.00160. The Morgan fingerprint density at radius 3 is 2.82 bits per heavy atom. The van der Waals surface area contributed by atoms with E-state index in [4.69, 9.17) is 0 Å². The van der Waals surface area contributed by atoms with Crippen molar-refractivity contribution in [3.63, 3.8) is 0 Å². The van der Waals surface area contributed by atoms with Gasteiger partial charge in [0, 0.05) is 25.7 Å². The number of nitrogens with zero attached hydrogens (tertiary/aromatic N) is 5. The van der Waals surface area contributed by atoms with Crippen molar-refractivity contribution in [2.75, 3.05) is 26.7 Å². The van der Waals surface area contributed by atoms with Crippen molar-refractivity contribution in [3.8, 4) is 0 Å². The fourth-order valence-electron chi connectivity index (χ4n) is 2.24. The summed E-state index contributed by atoms with van der Waals surface area (Å²) in [7, 11) is 2.08. The molecule has 1 aliphatic rings. The number of hydrogen-bond donors (Lipinski definition) is 0. The number of carbonyl (C=O) groups is 1. The van der Waals surface area contributed by atoms with Crippen molar-refractivity contribution in [2.24, 2.45) is 0 Å². The number of piperazine rings is 1. The summed E-state index contributed by atoms with van der Waals surface area (Å²) >= 11 is 0. The van der Waals surface area contributed by atoms with Gasteiger partial charge in [0.1, 0.15) is 18.7 Å². The third-order valence-electron chi connectivity index (χ3n) is 3.30. The Balaban J connectivity index is 2.05. The number of rotatable bonds is 2. The van der Waals surface area contributed by atoms with Crippen LogP contribution in [0, 0.1) is 0 Å². The molecule has 0 bridgehead atoms. The second-order valence-electron chi connectivity index (χ2n) is 4.69. The third kappa shape index (κ3) is 2.46. The molecular formula is C11H19N5O.